The van der Waals surface area contributed by atoms with E-state index in [1.807, 2.05) is 0 Å². The molecule has 1 aromatic carbocycles. The normalized spacial score (nSPS) is 12.7. The maximum atomic E-state index is 2.52. The van der Waals surface area contributed by atoms with Crippen LogP contribution in [0.5, 0.6) is 0 Å². The summed E-state index contributed by atoms with van der Waals surface area (Å²) < 4.78 is 4.01. The number of aromatic nitrogens is 1. The number of benzene rings is 1. The van der Waals surface area contributed by atoms with Gasteiger partial charge in [-0.1, -0.05) is 0 Å². The Balaban J connectivity index is 2.71. The second kappa shape index (κ2) is 7.50. The van der Waals surface area contributed by atoms with Crippen LogP contribution in [0.1, 0.15) is 51.3 Å². The quantitative estimate of drug-likeness (QED) is 0.459. The van der Waals surface area contributed by atoms with Crippen molar-refractivity contribution >= 4 is 17.7 Å². The summed E-state index contributed by atoms with van der Waals surface area (Å²) in [5, 5.41) is 0. The molecule has 0 saturated heterocycles. The van der Waals surface area contributed by atoms with Crippen molar-refractivity contribution in [3.8, 4) is 11.3 Å². The van der Waals surface area contributed by atoms with E-state index < -0.39 is 13.3 Å². The van der Waals surface area contributed by atoms with Crippen LogP contribution in [-0.4, -0.2) is 13.3 Å². The second-order valence-electron chi connectivity index (χ2n) is 10.3. The molecular weight excluding hydrogens is 375 g/mol. The molecule has 0 saturated carbocycles. The van der Waals surface area contributed by atoms with Gasteiger partial charge in [0, 0.05) is 0 Å². The monoisotopic (exact) mass is 414 g/mol. The third-order valence-electron chi connectivity index (χ3n) is 5.17. The molecule has 2 rings (SSSR count). The average molecular weight is 413 g/mol. The number of aryl methyl sites for hydroxylation is 2. The SMILES string of the molecule is Cc1ccc(C(C)(C)C)cc1-c1c[c]([Ge]([CH3])([CH3])[CH3])c(CC(C)C)c[n+]1C. The van der Waals surface area contributed by atoms with Crippen LogP contribution >= 0.6 is 0 Å². The van der Waals surface area contributed by atoms with Gasteiger partial charge in [0.05, 0.1) is 0 Å². The van der Waals surface area contributed by atoms with Gasteiger partial charge in [-0.25, -0.2) is 0 Å². The van der Waals surface area contributed by atoms with E-state index in [9.17, 15) is 0 Å². The van der Waals surface area contributed by atoms with E-state index in [-0.39, 0.29) is 5.41 Å². The summed E-state index contributed by atoms with van der Waals surface area (Å²) in [4.78, 5) is 0. The van der Waals surface area contributed by atoms with Crippen LogP contribution in [0.4, 0.5) is 0 Å². The number of nitrogens with zero attached hydrogens (tertiary/aromatic N) is 1. The zero-order valence-corrected chi connectivity index (χ0v) is 20.7. The van der Waals surface area contributed by atoms with Crippen molar-refractivity contribution in [3.05, 3.63) is 47.2 Å². The zero-order valence-electron chi connectivity index (χ0n) is 18.6. The first-order valence-electron chi connectivity index (χ1n) is 9.95. The van der Waals surface area contributed by atoms with Crippen LogP contribution < -0.4 is 8.96 Å². The summed E-state index contributed by atoms with van der Waals surface area (Å²) in [6.07, 6.45) is 3.58. The van der Waals surface area contributed by atoms with E-state index in [0.717, 1.165) is 0 Å². The van der Waals surface area contributed by atoms with E-state index in [1.165, 1.54) is 28.8 Å². The first kappa shape index (κ1) is 21.2. The number of pyridine rings is 1. The molecule has 0 aliphatic rings. The summed E-state index contributed by atoms with van der Waals surface area (Å²) in [7, 11) is 2.21. The van der Waals surface area contributed by atoms with Gasteiger partial charge in [0.2, 0.25) is 0 Å². The van der Waals surface area contributed by atoms with Crippen LogP contribution in [0, 0.1) is 12.8 Å². The summed E-state index contributed by atoms with van der Waals surface area (Å²) in [6, 6.07) is 9.50. The van der Waals surface area contributed by atoms with Gasteiger partial charge in [-0.3, -0.25) is 0 Å². The molecule has 1 aromatic heterocycles. The van der Waals surface area contributed by atoms with Gasteiger partial charge in [-0.2, -0.15) is 0 Å². The Labute approximate surface area is 164 Å². The van der Waals surface area contributed by atoms with Crippen LogP contribution in [-0.2, 0) is 18.9 Å². The van der Waals surface area contributed by atoms with E-state index in [4.69, 9.17) is 0 Å². The predicted octanol–water partition coefficient (Wildman–Crippen LogP) is 5.53. The van der Waals surface area contributed by atoms with Crippen molar-refractivity contribution in [1.82, 2.24) is 0 Å². The molecule has 0 N–H and O–H groups in total. The summed E-state index contributed by atoms with van der Waals surface area (Å²) in [5.41, 5.74) is 7.23. The van der Waals surface area contributed by atoms with E-state index in [2.05, 4.69) is 101 Å². The number of hydrogen-bond acceptors (Lipinski definition) is 0. The molecule has 142 valence electrons. The van der Waals surface area contributed by atoms with Gasteiger partial charge in [0.25, 0.3) is 0 Å². The summed E-state index contributed by atoms with van der Waals surface area (Å²) in [6.45, 7) is 13.8. The van der Waals surface area contributed by atoms with Crippen LogP contribution in [0.3, 0.4) is 0 Å². The van der Waals surface area contributed by atoms with Gasteiger partial charge < -0.3 is 0 Å². The number of rotatable bonds is 4. The van der Waals surface area contributed by atoms with Crippen molar-refractivity contribution in [2.45, 2.75) is 70.6 Å². The first-order valence-corrected chi connectivity index (χ1v) is 17.3. The second-order valence-corrected chi connectivity index (χ2v) is 20.9. The van der Waals surface area contributed by atoms with Crippen LogP contribution in [0.2, 0.25) is 17.3 Å². The van der Waals surface area contributed by atoms with Gasteiger partial charge in [0.1, 0.15) is 0 Å². The molecule has 1 nitrogen and oxygen atoms in total. The molecule has 0 aliphatic carbocycles. The fraction of sp³-hybridized carbons (Fsp3) is 0.542. The van der Waals surface area contributed by atoms with Crippen molar-refractivity contribution < 1.29 is 4.57 Å². The Morgan fingerprint density at radius 2 is 1.65 bits per heavy atom. The van der Waals surface area contributed by atoms with Gasteiger partial charge >= 0.3 is 164 Å². The standard InChI is InChI=1S/C24H38GeN/c1-17(2)13-19-16-26(10)23(15-22(19)25(7,8)9)21-14-20(24(4,5)6)12-11-18(21)3/h11-12,14-17H,13H2,1-10H3/q+1. The Morgan fingerprint density at radius 1 is 1.04 bits per heavy atom. The topological polar surface area (TPSA) is 3.88 Å². The van der Waals surface area contributed by atoms with Crippen molar-refractivity contribution in [1.29, 1.82) is 0 Å². The van der Waals surface area contributed by atoms with Crippen LogP contribution in [0.25, 0.3) is 11.3 Å². The average Bonchev–Trinajstić information content (AvgIpc) is 2.45. The van der Waals surface area contributed by atoms with E-state index in [1.54, 1.807) is 9.96 Å². The van der Waals surface area contributed by atoms with Gasteiger partial charge in [0.15, 0.2) is 0 Å². The molecule has 0 bridgehead atoms. The minimum atomic E-state index is -1.96. The minimum absolute atomic E-state index is 0.170. The first-order chi connectivity index (χ1) is 11.8. The van der Waals surface area contributed by atoms with Gasteiger partial charge in [-0.05, 0) is 0 Å². The molecule has 0 aliphatic heterocycles. The molecule has 0 atom stereocenters. The summed E-state index contributed by atoms with van der Waals surface area (Å²) in [5.74, 6) is 8.24. The molecule has 0 fully saturated rings. The van der Waals surface area contributed by atoms with Crippen LogP contribution in [0.15, 0.2) is 30.5 Å². The molecule has 2 heteroatoms. The third-order valence-corrected chi connectivity index (χ3v) is 9.54. The Bertz CT molecular complexity index is 789. The van der Waals surface area contributed by atoms with Crippen molar-refractivity contribution in [2.75, 3.05) is 0 Å². The molecule has 2 aromatic rings. The fourth-order valence-corrected chi connectivity index (χ4v) is 7.20. The Morgan fingerprint density at radius 3 is 2.15 bits per heavy atom. The molecule has 0 amide bonds. The zero-order chi connectivity index (χ0) is 19.9. The fourth-order valence-electron chi connectivity index (χ4n) is 3.64. The van der Waals surface area contributed by atoms with E-state index >= 15 is 0 Å². The maximum absolute atomic E-state index is 2.52. The molecule has 1 heterocycles. The Kier molecular flexibility index (Phi) is 6.12. The van der Waals surface area contributed by atoms with Crippen molar-refractivity contribution in [2.24, 2.45) is 13.0 Å². The number of hydrogen-bond donors (Lipinski definition) is 0. The molecular formula is C24H38GeN+. The predicted molar refractivity (Wildman–Crippen MR) is 118 cm³/mol. The molecule has 26 heavy (non-hydrogen) atoms. The molecule has 0 unspecified atom stereocenters. The molecule has 0 radical (unpaired) electrons. The van der Waals surface area contributed by atoms with Gasteiger partial charge in [-0.15, -0.1) is 0 Å². The van der Waals surface area contributed by atoms with E-state index in [0.29, 0.717) is 5.92 Å². The molecule has 0 spiro atoms. The third kappa shape index (κ3) is 4.79. The summed E-state index contributed by atoms with van der Waals surface area (Å²) >= 11 is -1.96. The Hall–Kier alpha value is -1.09. The van der Waals surface area contributed by atoms with Crippen molar-refractivity contribution in [3.63, 3.8) is 0 Å².